The van der Waals surface area contributed by atoms with E-state index >= 15 is 0 Å². The van der Waals surface area contributed by atoms with Crippen molar-refractivity contribution in [2.75, 3.05) is 13.1 Å². The van der Waals surface area contributed by atoms with E-state index in [0.717, 1.165) is 28.9 Å². The van der Waals surface area contributed by atoms with E-state index in [4.69, 9.17) is 0 Å². The SMILES string of the molecule is CCC(=O)NCc1csc(C2CCCN(S(=O)(=O)c3cccc4cccnc34)C2)n1. The van der Waals surface area contributed by atoms with Gasteiger partial charge in [0.25, 0.3) is 0 Å². The van der Waals surface area contributed by atoms with Gasteiger partial charge >= 0.3 is 0 Å². The number of hydrogen-bond donors (Lipinski definition) is 1. The van der Waals surface area contributed by atoms with Crippen LogP contribution in [0.25, 0.3) is 10.9 Å². The van der Waals surface area contributed by atoms with Crippen LogP contribution in [0.4, 0.5) is 0 Å². The molecular weight excluding hydrogens is 420 g/mol. The molecule has 7 nitrogen and oxygen atoms in total. The minimum absolute atomic E-state index is 0.0109. The number of hydrogen-bond acceptors (Lipinski definition) is 6. The molecule has 1 atom stereocenters. The van der Waals surface area contributed by atoms with Crippen LogP contribution in [0.15, 0.2) is 46.8 Å². The molecule has 1 saturated heterocycles. The first-order valence-corrected chi connectivity index (χ1v) is 12.4. The zero-order valence-electron chi connectivity index (χ0n) is 16.7. The molecular formula is C21H24N4O3S2. The maximum Gasteiger partial charge on any atom is 0.245 e. The fourth-order valence-electron chi connectivity index (χ4n) is 3.69. The van der Waals surface area contributed by atoms with Gasteiger partial charge in [-0.3, -0.25) is 9.78 Å². The maximum atomic E-state index is 13.4. The van der Waals surface area contributed by atoms with Crippen molar-refractivity contribution in [2.45, 2.75) is 43.5 Å². The summed E-state index contributed by atoms with van der Waals surface area (Å²) in [4.78, 5) is 20.7. The summed E-state index contributed by atoms with van der Waals surface area (Å²) in [5.74, 6) is 0.0419. The molecule has 3 heterocycles. The van der Waals surface area contributed by atoms with Crippen LogP contribution in [0.2, 0.25) is 0 Å². The van der Waals surface area contributed by atoms with Gasteiger partial charge in [-0.15, -0.1) is 11.3 Å². The number of carbonyl (C=O) groups is 1. The number of fused-ring (bicyclic) bond motifs is 1. The van der Waals surface area contributed by atoms with Crippen LogP contribution in [-0.4, -0.2) is 41.7 Å². The standard InChI is InChI=1S/C21H24N4O3S2/c1-2-19(26)23-12-17-14-29-21(24-17)16-8-5-11-25(13-16)30(27,28)18-9-3-6-15-7-4-10-22-20(15)18/h3-4,6-7,9-10,14,16H,2,5,8,11-13H2,1H3,(H,23,26). The maximum absolute atomic E-state index is 13.4. The Bertz CT molecular complexity index is 1150. The van der Waals surface area contributed by atoms with Gasteiger partial charge in [-0.05, 0) is 25.0 Å². The molecule has 1 N–H and O–H groups in total. The zero-order chi connectivity index (χ0) is 21.1. The minimum Gasteiger partial charge on any atom is -0.350 e. The van der Waals surface area contributed by atoms with Crippen LogP contribution in [0.5, 0.6) is 0 Å². The number of para-hydroxylation sites is 1. The Hall–Kier alpha value is -2.36. The average molecular weight is 445 g/mol. The lowest BCUT2D eigenvalue weighted by atomic mass is 10.0. The molecule has 1 unspecified atom stereocenters. The summed E-state index contributed by atoms with van der Waals surface area (Å²) < 4.78 is 28.4. The number of aromatic nitrogens is 2. The van der Waals surface area contributed by atoms with E-state index in [1.807, 2.05) is 24.4 Å². The lowest BCUT2D eigenvalue weighted by Gasteiger charge is -2.31. The highest BCUT2D eigenvalue weighted by molar-refractivity contribution is 7.89. The first-order valence-electron chi connectivity index (χ1n) is 10.0. The molecule has 9 heteroatoms. The lowest BCUT2D eigenvalue weighted by Crippen LogP contribution is -2.39. The molecule has 0 saturated carbocycles. The number of thiazole rings is 1. The molecule has 1 aliphatic rings. The van der Waals surface area contributed by atoms with Crippen molar-refractivity contribution < 1.29 is 13.2 Å². The van der Waals surface area contributed by atoms with E-state index in [1.165, 1.54) is 11.3 Å². The van der Waals surface area contributed by atoms with E-state index < -0.39 is 10.0 Å². The van der Waals surface area contributed by atoms with E-state index in [-0.39, 0.29) is 16.7 Å². The van der Waals surface area contributed by atoms with E-state index in [0.29, 0.717) is 31.6 Å². The highest BCUT2D eigenvalue weighted by atomic mass is 32.2. The van der Waals surface area contributed by atoms with Crippen LogP contribution < -0.4 is 5.32 Å². The number of piperidine rings is 1. The molecule has 3 aromatic rings. The average Bonchev–Trinajstić information content (AvgIpc) is 3.26. The monoisotopic (exact) mass is 444 g/mol. The molecule has 2 aromatic heterocycles. The van der Waals surface area contributed by atoms with Crippen LogP contribution in [0, 0.1) is 0 Å². The Kier molecular flexibility index (Phi) is 6.12. The van der Waals surface area contributed by atoms with Crippen molar-refractivity contribution in [1.29, 1.82) is 0 Å². The van der Waals surface area contributed by atoms with Gasteiger partial charge in [0, 0.05) is 42.4 Å². The third-order valence-electron chi connectivity index (χ3n) is 5.30. The summed E-state index contributed by atoms with van der Waals surface area (Å²) in [5, 5.41) is 6.50. The molecule has 1 fully saturated rings. The first kappa shape index (κ1) is 20.9. The zero-order valence-corrected chi connectivity index (χ0v) is 18.4. The van der Waals surface area contributed by atoms with Gasteiger partial charge in [-0.25, -0.2) is 13.4 Å². The van der Waals surface area contributed by atoms with Crippen molar-refractivity contribution in [1.82, 2.24) is 19.6 Å². The molecule has 1 amide bonds. The third-order valence-corrected chi connectivity index (χ3v) is 8.26. The summed E-state index contributed by atoms with van der Waals surface area (Å²) in [6, 6.07) is 8.93. The van der Waals surface area contributed by atoms with E-state index in [2.05, 4.69) is 15.3 Å². The molecule has 0 radical (unpaired) electrons. The number of rotatable bonds is 6. The predicted molar refractivity (Wildman–Crippen MR) is 117 cm³/mol. The molecule has 1 aromatic carbocycles. The highest BCUT2D eigenvalue weighted by Crippen LogP contribution is 2.33. The number of carbonyl (C=O) groups excluding carboxylic acids is 1. The second-order valence-corrected chi connectivity index (χ2v) is 10.1. The van der Waals surface area contributed by atoms with Gasteiger partial charge in [-0.1, -0.05) is 25.1 Å². The summed E-state index contributed by atoms with van der Waals surface area (Å²) in [6.45, 7) is 3.11. The summed E-state index contributed by atoms with van der Waals surface area (Å²) in [7, 11) is -3.66. The Morgan fingerprint density at radius 3 is 2.97 bits per heavy atom. The first-order chi connectivity index (χ1) is 14.5. The van der Waals surface area contributed by atoms with Gasteiger partial charge in [0.05, 0.1) is 22.8 Å². The second kappa shape index (κ2) is 8.79. The van der Waals surface area contributed by atoms with Crippen molar-refractivity contribution in [3.63, 3.8) is 0 Å². The summed E-state index contributed by atoms with van der Waals surface area (Å²) in [5.41, 5.74) is 1.32. The highest BCUT2D eigenvalue weighted by Gasteiger charge is 2.33. The molecule has 158 valence electrons. The molecule has 4 rings (SSSR count). The number of sulfonamides is 1. The minimum atomic E-state index is -3.66. The largest absolute Gasteiger partial charge is 0.350 e. The van der Waals surface area contributed by atoms with Gasteiger partial charge in [0.15, 0.2) is 0 Å². The normalized spacial score (nSPS) is 17.8. The molecule has 0 aliphatic carbocycles. The number of nitrogens with one attached hydrogen (secondary N) is 1. The molecule has 1 aliphatic heterocycles. The Balaban J connectivity index is 1.54. The van der Waals surface area contributed by atoms with Gasteiger partial charge in [0.2, 0.25) is 15.9 Å². The molecule has 0 spiro atoms. The van der Waals surface area contributed by atoms with Gasteiger partial charge < -0.3 is 5.32 Å². The third kappa shape index (κ3) is 4.23. The van der Waals surface area contributed by atoms with E-state index in [9.17, 15) is 13.2 Å². The Morgan fingerprint density at radius 1 is 1.30 bits per heavy atom. The quantitative estimate of drug-likeness (QED) is 0.630. The number of pyridine rings is 1. The predicted octanol–water partition coefficient (Wildman–Crippen LogP) is 3.29. The number of amides is 1. The topological polar surface area (TPSA) is 92.3 Å². The van der Waals surface area contributed by atoms with Crippen molar-refractivity contribution >= 4 is 38.2 Å². The van der Waals surface area contributed by atoms with Gasteiger partial charge in [0.1, 0.15) is 4.90 Å². The Morgan fingerprint density at radius 2 is 2.13 bits per heavy atom. The van der Waals surface area contributed by atoms with Crippen molar-refractivity contribution in [3.8, 4) is 0 Å². The summed E-state index contributed by atoms with van der Waals surface area (Å²) in [6.07, 6.45) is 3.74. The fraction of sp³-hybridized carbons (Fsp3) is 0.381. The summed E-state index contributed by atoms with van der Waals surface area (Å²) >= 11 is 1.53. The fourth-order valence-corrected chi connectivity index (χ4v) is 6.33. The number of benzene rings is 1. The molecule has 0 bridgehead atoms. The van der Waals surface area contributed by atoms with Crippen molar-refractivity contribution in [2.24, 2.45) is 0 Å². The molecule has 30 heavy (non-hydrogen) atoms. The Labute approximate surface area is 180 Å². The number of nitrogens with zero attached hydrogens (tertiary/aromatic N) is 3. The van der Waals surface area contributed by atoms with Crippen LogP contribution in [-0.2, 0) is 21.4 Å². The lowest BCUT2D eigenvalue weighted by molar-refractivity contribution is -0.120. The van der Waals surface area contributed by atoms with Crippen LogP contribution in [0.3, 0.4) is 0 Å². The van der Waals surface area contributed by atoms with Crippen LogP contribution in [0.1, 0.15) is 42.8 Å². The van der Waals surface area contributed by atoms with E-state index in [1.54, 1.807) is 28.7 Å². The van der Waals surface area contributed by atoms with Crippen LogP contribution >= 0.6 is 11.3 Å². The van der Waals surface area contributed by atoms with Crippen molar-refractivity contribution in [3.05, 3.63) is 52.6 Å². The smallest absolute Gasteiger partial charge is 0.245 e. The van der Waals surface area contributed by atoms with Gasteiger partial charge in [-0.2, -0.15) is 4.31 Å². The second-order valence-electron chi connectivity index (χ2n) is 7.34.